The molecule has 1 aromatic carbocycles. The number of benzene rings is 1. The molecule has 3 rings (SSSR count). The molecule has 1 saturated heterocycles. The lowest BCUT2D eigenvalue weighted by Crippen LogP contribution is -2.32. The maximum absolute atomic E-state index is 8.80. The van der Waals surface area contributed by atoms with E-state index in [2.05, 4.69) is 39.4 Å². The Morgan fingerprint density at radius 3 is 2.55 bits per heavy atom. The van der Waals surface area contributed by atoms with Crippen LogP contribution in [0.15, 0.2) is 36.5 Å². The maximum atomic E-state index is 8.80. The van der Waals surface area contributed by atoms with Crippen LogP contribution in [0.1, 0.15) is 35.6 Å². The predicted molar refractivity (Wildman–Crippen MR) is 77.0 cm³/mol. The van der Waals surface area contributed by atoms with Crippen LogP contribution in [0.4, 0.5) is 0 Å². The first kappa shape index (κ1) is 12.9. The van der Waals surface area contributed by atoms with Crippen LogP contribution in [0.5, 0.6) is 0 Å². The highest BCUT2D eigenvalue weighted by molar-refractivity contribution is 5.31. The topological polar surface area (TPSA) is 55.7 Å². The summed E-state index contributed by atoms with van der Waals surface area (Å²) in [5, 5.41) is 15.9. The second kappa shape index (κ2) is 5.89. The molecule has 102 valence electrons. The van der Waals surface area contributed by atoms with Crippen molar-refractivity contribution in [3.05, 3.63) is 53.3 Å². The van der Waals surface area contributed by atoms with Gasteiger partial charge in [-0.3, -0.25) is 10.00 Å². The average molecular weight is 266 g/mol. The van der Waals surface area contributed by atoms with E-state index in [0.717, 1.165) is 25.2 Å². The Bertz CT molecular complexity index is 572. The number of nitrogens with zero attached hydrogens (tertiary/aromatic N) is 3. The second-order valence-corrected chi connectivity index (χ2v) is 5.37. The fourth-order valence-electron chi connectivity index (χ4n) is 2.84. The summed E-state index contributed by atoms with van der Waals surface area (Å²) in [6.45, 7) is 3.20. The first-order valence-corrected chi connectivity index (χ1v) is 7.06. The minimum Gasteiger partial charge on any atom is -0.299 e. The molecule has 1 N–H and O–H groups in total. The monoisotopic (exact) mass is 266 g/mol. The summed E-state index contributed by atoms with van der Waals surface area (Å²) in [5.74, 6) is 0.620. The number of likely N-dealkylation sites (tertiary alicyclic amines) is 1. The summed E-state index contributed by atoms with van der Waals surface area (Å²) in [7, 11) is 0. The van der Waals surface area contributed by atoms with Gasteiger partial charge in [-0.1, -0.05) is 12.1 Å². The van der Waals surface area contributed by atoms with E-state index in [1.165, 1.54) is 24.1 Å². The standard InChI is InChI=1S/C16H18N4/c17-11-13-1-3-14(4-2-13)12-20-9-6-15(7-10-20)16-5-8-18-19-16/h1-5,8,15H,6-7,9-10,12H2,(H,18,19). The number of aromatic amines is 1. The van der Waals surface area contributed by atoms with Gasteiger partial charge in [0.25, 0.3) is 0 Å². The highest BCUT2D eigenvalue weighted by Gasteiger charge is 2.21. The molecule has 1 fully saturated rings. The molecule has 4 heteroatoms. The van der Waals surface area contributed by atoms with Crippen molar-refractivity contribution in [3.8, 4) is 6.07 Å². The van der Waals surface area contributed by atoms with Crippen LogP contribution >= 0.6 is 0 Å². The van der Waals surface area contributed by atoms with Gasteiger partial charge in [-0.2, -0.15) is 10.4 Å². The summed E-state index contributed by atoms with van der Waals surface area (Å²) in [6.07, 6.45) is 4.19. The molecule has 0 unspecified atom stereocenters. The molecular formula is C16H18N4. The number of nitrogens with one attached hydrogen (secondary N) is 1. The minimum absolute atomic E-state index is 0.620. The van der Waals surface area contributed by atoms with Crippen LogP contribution in [0.25, 0.3) is 0 Å². The van der Waals surface area contributed by atoms with E-state index in [4.69, 9.17) is 5.26 Å². The van der Waals surface area contributed by atoms with Crippen molar-refractivity contribution in [2.24, 2.45) is 0 Å². The molecule has 2 aromatic rings. The predicted octanol–water partition coefficient (Wildman–Crippen LogP) is 2.66. The van der Waals surface area contributed by atoms with Crippen molar-refractivity contribution in [3.63, 3.8) is 0 Å². The van der Waals surface area contributed by atoms with Crippen molar-refractivity contribution >= 4 is 0 Å². The summed E-state index contributed by atoms with van der Waals surface area (Å²) >= 11 is 0. The lowest BCUT2D eigenvalue weighted by atomic mass is 9.93. The maximum Gasteiger partial charge on any atom is 0.0991 e. The van der Waals surface area contributed by atoms with E-state index in [-0.39, 0.29) is 0 Å². The summed E-state index contributed by atoms with van der Waals surface area (Å²) in [5.41, 5.74) is 3.28. The van der Waals surface area contributed by atoms with E-state index >= 15 is 0 Å². The molecule has 4 nitrogen and oxygen atoms in total. The number of rotatable bonds is 3. The van der Waals surface area contributed by atoms with E-state index in [0.29, 0.717) is 5.92 Å². The third-order valence-electron chi connectivity index (χ3n) is 4.04. The Labute approximate surface area is 119 Å². The molecule has 0 amide bonds. The van der Waals surface area contributed by atoms with Crippen molar-refractivity contribution in [1.82, 2.24) is 15.1 Å². The number of piperidine rings is 1. The van der Waals surface area contributed by atoms with Crippen molar-refractivity contribution in [2.75, 3.05) is 13.1 Å². The van der Waals surface area contributed by atoms with Crippen LogP contribution in [-0.4, -0.2) is 28.2 Å². The molecule has 0 radical (unpaired) electrons. The van der Waals surface area contributed by atoms with Gasteiger partial charge in [0.05, 0.1) is 11.6 Å². The summed E-state index contributed by atoms with van der Waals surface area (Å²) < 4.78 is 0. The van der Waals surface area contributed by atoms with Gasteiger partial charge in [0, 0.05) is 24.4 Å². The lowest BCUT2D eigenvalue weighted by molar-refractivity contribution is 0.203. The van der Waals surface area contributed by atoms with Gasteiger partial charge in [0.2, 0.25) is 0 Å². The Hall–Kier alpha value is -2.12. The lowest BCUT2D eigenvalue weighted by Gasteiger charge is -2.31. The largest absolute Gasteiger partial charge is 0.299 e. The molecule has 1 aromatic heterocycles. The molecule has 0 atom stereocenters. The minimum atomic E-state index is 0.620. The van der Waals surface area contributed by atoms with Crippen LogP contribution in [0.2, 0.25) is 0 Å². The van der Waals surface area contributed by atoms with Gasteiger partial charge in [0.15, 0.2) is 0 Å². The quantitative estimate of drug-likeness (QED) is 0.929. The molecule has 20 heavy (non-hydrogen) atoms. The Kier molecular flexibility index (Phi) is 3.80. The first-order valence-electron chi connectivity index (χ1n) is 7.06. The summed E-state index contributed by atoms with van der Waals surface area (Å²) in [4.78, 5) is 2.48. The molecule has 0 spiro atoms. The van der Waals surface area contributed by atoms with Crippen molar-refractivity contribution in [2.45, 2.75) is 25.3 Å². The third-order valence-corrected chi connectivity index (χ3v) is 4.04. The number of nitriles is 1. The zero-order chi connectivity index (χ0) is 13.8. The fourth-order valence-corrected chi connectivity index (χ4v) is 2.84. The fraction of sp³-hybridized carbons (Fsp3) is 0.375. The van der Waals surface area contributed by atoms with Crippen LogP contribution in [0, 0.1) is 11.3 Å². The zero-order valence-corrected chi connectivity index (χ0v) is 11.4. The number of hydrogen-bond donors (Lipinski definition) is 1. The van der Waals surface area contributed by atoms with Crippen LogP contribution < -0.4 is 0 Å². The van der Waals surface area contributed by atoms with Gasteiger partial charge in [-0.25, -0.2) is 0 Å². The number of hydrogen-bond acceptors (Lipinski definition) is 3. The van der Waals surface area contributed by atoms with Gasteiger partial charge in [0.1, 0.15) is 0 Å². The smallest absolute Gasteiger partial charge is 0.0991 e. The number of aromatic nitrogens is 2. The highest BCUT2D eigenvalue weighted by atomic mass is 15.1. The normalized spacial score (nSPS) is 16.9. The van der Waals surface area contributed by atoms with E-state index < -0.39 is 0 Å². The van der Waals surface area contributed by atoms with Crippen molar-refractivity contribution in [1.29, 1.82) is 5.26 Å². The van der Waals surface area contributed by atoms with Crippen LogP contribution in [-0.2, 0) is 6.54 Å². The molecule has 0 bridgehead atoms. The molecule has 2 heterocycles. The highest BCUT2D eigenvalue weighted by Crippen LogP contribution is 2.26. The Balaban J connectivity index is 1.54. The van der Waals surface area contributed by atoms with E-state index in [9.17, 15) is 0 Å². The first-order chi connectivity index (χ1) is 9.85. The van der Waals surface area contributed by atoms with Gasteiger partial charge in [-0.15, -0.1) is 0 Å². The van der Waals surface area contributed by atoms with E-state index in [1.807, 2.05) is 18.3 Å². The van der Waals surface area contributed by atoms with E-state index in [1.54, 1.807) is 0 Å². The Morgan fingerprint density at radius 1 is 1.20 bits per heavy atom. The molecule has 0 aliphatic carbocycles. The van der Waals surface area contributed by atoms with Gasteiger partial charge >= 0.3 is 0 Å². The third kappa shape index (κ3) is 2.89. The second-order valence-electron chi connectivity index (χ2n) is 5.37. The molecule has 0 saturated carbocycles. The van der Waals surface area contributed by atoms with Crippen molar-refractivity contribution < 1.29 is 0 Å². The molecule has 1 aliphatic heterocycles. The van der Waals surface area contributed by atoms with Crippen LogP contribution in [0.3, 0.4) is 0 Å². The van der Waals surface area contributed by atoms with Gasteiger partial charge in [-0.05, 0) is 49.7 Å². The average Bonchev–Trinajstić information content (AvgIpc) is 3.03. The Morgan fingerprint density at radius 2 is 1.95 bits per heavy atom. The molecular weight excluding hydrogens is 248 g/mol. The van der Waals surface area contributed by atoms with Gasteiger partial charge < -0.3 is 0 Å². The summed E-state index contributed by atoms with van der Waals surface area (Å²) in [6, 6.07) is 12.1. The number of H-pyrrole nitrogens is 1. The zero-order valence-electron chi connectivity index (χ0n) is 11.4. The SMILES string of the molecule is N#Cc1ccc(CN2CCC(c3ccn[nH]3)CC2)cc1. The molecule has 1 aliphatic rings.